The van der Waals surface area contributed by atoms with E-state index in [1.165, 1.54) is 32.1 Å². The first-order chi connectivity index (χ1) is 18.0. The fourth-order valence-corrected chi connectivity index (χ4v) is 5.51. The molecule has 6 nitrogen and oxygen atoms in total. The highest BCUT2D eigenvalue weighted by molar-refractivity contribution is 6.35. The first kappa shape index (κ1) is 27.6. The second kappa shape index (κ2) is 13.9. The molecule has 8 heteroatoms. The van der Waals surface area contributed by atoms with Gasteiger partial charge in [-0.25, -0.2) is 0 Å². The topological polar surface area (TPSA) is 50.9 Å². The molecular formula is C29H39Cl2N5O. The van der Waals surface area contributed by atoms with E-state index in [9.17, 15) is 4.79 Å². The van der Waals surface area contributed by atoms with Crippen molar-refractivity contribution in [1.82, 2.24) is 15.1 Å². The van der Waals surface area contributed by atoms with Gasteiger partial charge in [-0.3, -0.25) is 4.79 Å². The number of anilines is 2. The number of nitrogens with zero attached hydrogens (tertiary/aromatic N) is 3. The molecule has 2 saturated heterocycles. The maximum Gasteiger partial charge on any atom is 0.214 e. The quantitative estimate of drug-likeness (QED) is 0.381. The van der Waals surface area contributed by atoms with Crippen molar-refractivity contribution in [3.05, 3.63) is 70.1 Å². The molecule has 2 N–H and O–H groups in total. The molecule has 0 saturated carbocycles. The maximum atomic E-state index is 11.9. The van der Waals surface area contributed by atoms with Crippen molar-refractivity contribution in [2.45, 2.75) is 51.5 Å². The third-order valence-electron chi connectivity index (χ3n) is 7.14. The van der Waals surface area contributed by atoms with E-state index in [2.05, 4.69) is 33.6 Å². The number of carbonyl (C=O) groups excluding carboxylic acids is 1. The lowest BCUT2D eigenvalue weighted by Gasteiger charge is -2.37. The number of likely N-dealkylation sites (tertiary alicyclic amines) is 1. The number of piperazine rings is 1. The molecule has 1 atom stereocenters. The molecule has 2 aromatic carbocycles. The van der Waals surface area contributed by atoms with Crippen molar-refractivity contribution in [2.75, 3.05) is 49.5 Å². The lowest BCUT2D eigenvalue weighted by Crippen LogP contribution is -2.50. The van der Waals surface area contributed by atoms with E-state index in [0.717, 1.165) is 61.9 Å². The highest BCUT2D eigenvalue weighted by Gasteiger charge is 2.19. The Kier molecular flexibility index (Phi) is 10.4. The summed E-state index contributed by atoms with van der Waals surface area (Å²) in [5.74, 6) is 1.14. The van der Waals surface area contributed by atoms with Crippen molar-refractivity contribution in [3.63, 3.8) is 0 Å². The summed E-state index contributed by atoms with van der Waals surface area (Å²) in [7, 11) is 0. The lowest BCUT2D eigenvalue weighted by molar-refractivity contribution is -0.107. The van der Waals surface area contributed by atoms with Gasteiger partial charge in [-0.15, -0.1) is 0 Å². The molecule has 0 aromatic heterocycles. The molecule has 2 aliphatic rings. The second-order valence-electron chi connectivity index (χ2n) is 10.1. The molecule has 0 unspecified atom stereocenters. The van der Waals surface area contributed by atoms with Crippen LogP contribution in [-0.2, 0) is 11.2 Å². The van der Waals surface area contributed by atoms with Crippen LogP contribution in [0.1, 0.15) is 44.6 Å². The van der Waals surface area contributed by atoms with Gasteiger partial charge < -0.3 is 25.3 Å². The summed E-state index contributed by atoms with van der Waals surface area (Å²) in [4.78, 5) is 18.5. The van der Waals surface area contributed by atoms with Gasteiger partial charge in [0, 0.05) is 72.9 Å². The monoisotopic (exact) mass is 543 g/mol. The lowest BCUT2D eigenvalue weighted by atomic mass is 10.1. The summed E-state index contributed by atoms with van der Waals surface area (Å²) in [5.41, 5.74) is 2.84. The highest BCUT2D eigenvalue weighted by atomic mass is 35.5. The van der Waals surface area contributed by atoms with Crippen molar-refractivity contribution in [1.29, 1.82) is 0 Å². The van der Waals surface area contributed by atoms with Gasteiger partial charge in [0.15, 0.2) is 0 Å². The Morgan fingerprint density at radius 3 is 2.46 bits per heavy atom. The van der Waals surface area contributed by atoms with Gasteiger partial charge in [0.1, 0.15) is 5.82 Å². The third-order valence-corrected chi connectivity index (χ3v) is 7.73. The minimum Gasteiger partial charge on any atom is -0.374 e. The molecule has 37 heavy (non-hydrogen) atoms. The molecule has 2 fully saturated rings. The van der Waals surface area contributed by atoms with Crippen LogP contribution >= 0.6 is 23.2 Å². The molecule has 1 amide bonds. The standard InChI is InChI=1S/C29H39Cl2N5O/c1-23-20-35(18-14-32-23)29(21-34-15-5-3-2-4-6-16-34)33-26-9-11-27(12-10-26)36(22-37)17-13-24-7-8-25(30)19-28(24)31/h7-12,19,21-23,32-33H,2-6,13-18,20H2,1H3/b29-21-/t23-/m0/s1. The molecule has 2 heterocycles. The number of halogens is 2. The minimum atomic E-state index is 0.448. The number of benzene rings is 2. The van der Waals surface area contributed by atoms with E-state index in [1.807, 2.05) is 36.4 Å². The number of rotatable bonds is 9. The fourth-order valence-electron chi connectivity index (χ4n) is 5.01. The molecule has 0 spiro atoms. The number of carbonyl (C=O) groups is 1. The van der Waals surface area contributed by atoms with Crippen LogP contribution in [-0.4, -0.2) is 61.5 Å². The molecule has 0 aliphatic carbocycles. The van der Waals surface area contributed by atoms with Crippen LogP contribution in [0.5, 0.6) is 0 Å². The summed E-state index contributed by atoms with van der Waals surface area (Å²) >= 11 is 12.3. The first-order valence-corrected chi connectivity index (χ1v) is 14.2. The fraction of sp³-hybridized carbons (Fsp3) is 0.483. The van der Waals surface area contributed by atoms with E-state index in [-0.39, 0.29) is 0 Å². The van der Waals surface area contributed by atoms with E-state index < -0.39 is 0 Å². The van der Waals surface area contributed by atoms with Crippen LogP contribution in [0.3, 0.4) is 0 Å². The van der Waals surface area contributed by atoms with E-state index in [1.54, 1.807) is 11.0 Å². The van der Waals surface area contributed by atoms with Crippen LogP contribution < -0.4 is 15.5 Å². The number of amides is 1. The van der Waals surface area contributed by atoms with Crippen LogP contribution in [0.4, 0.5) is 11.4 Å². The molecular weight excluding hydrogens is 505 g/mol. The molecule has 0 bridgehead atoms. The van der Waals surface area contributed by atoms with Crippen molar-refractivity contribution in [2.24, 2.45) is 0 Å². The average Bonchev–Trinajstić information content (AvgIpc) is 2.87. The Morgan fingerprint density at radius 2 is 1.78 bits per heavy atom. The smallest absolute Gasteiger partial charge is 0.214 e. The van der Waals surface area contributed by atoms with E-state index in [4.69, 9.17) is 23.2 Å². The normalized spacial score (nSPS) is 19.2. The first-order valence-electron chi connectivity index (χ1n) is 13.5. The summed E-state index contributed by atoms with van der Waals surface area (Å²) in [6.45, 7) is 7.91. The predicted octanol–water partition coefficient (Wildman–Crippen LogP) is 5.97. The minimum absolute atomic E-state index is 0.448. The number of hydrogen-bond acceptors (Lipinski definition) is 5. The van der Waals surface area contributed by atoms with Gasteiger partial charge in [0.2, 0.25) is 6.41 Å². The maximum absolute atomic E-state index is 11.9. The third kappa shape index (κ3) is 8.29. The van der Waals surface area contributed by atoms with Crippen LogP contribution in [0.2, 0.25) is 10.0 Å². The largest absolute Gasteiger partial charge is 0.374 e. The highest BCUT2D eigenvalue weighted by Crippen LogP contribution is 2.24. The SMILES string of the molecule is C[C@H]1CN(/C(=C\N2CCCCCCC2)Nc2ccc(N(C=O)CCc3ccc(Cl)cc3Cl)cc2)CCN1. The second-order valence-corrected chi connectivity index (χ2v) is 10.9. The van der Waals surface area contributed by atoms with Gasteiger partial charge in [-0.2, -0.15) is 0 Å². The summed E-state index contributed by atoms with van der Waals surface area (Å²) in [5, 5.41) is 8.47. The van der Waals surface area contributed by atoms with Gasteiger partial charge in [-0.1, -0.05) is 48.5 Å². The zero-order chi connectivity index (χ0) is 26.0. The van der Waals surface area contributed by atoms with Crippen molar-refractivity contribution < 1.29 is 4.79 Å². The molecule has 2 aromatic rings. The Morgan fingerprint density at radius 1 is 1.05 bits per heavy atom. The zero-order valence-electron chi connectivity index (χ0n) is 21.8. The molecule has 0 radical (unpaired) electrons. The zero-order valence-corrected chi connectivity index (χ0v) is 23.3. The Labute approximate surface area is 231 Å². The molecule has 2 aliphatic heterocycles. The van der Waals surface area contributed by atoms with Crippen molar-refractivity contribution >= 4 is 41.0 Å². The summed E-state index contributed by atoms with van der Waals surface area (Å²) in [6.07, 6.45) is 10.3. The van der Waals surface area contributed by atoms with Crippen LogP contribution in [0.15, 0.2) is 54.5 Å². The van der Waals surface area contributed by atoms with Gasteiger partial charge in [-0.05, 0) is 68.1 Å². The number of hydrogen-bond donors (Lipinski definition) is 2. The molecule has 200 valence electrons. The predicted molar refractivity (Wildman–Crippen MR) is 155 cm³/mol. The van der Waals surface area contributed by atoms with Gasteiger partial charge in [0.25, 0.3) is 0 Å². The average molecular weight is 545 g/mol. The van der Waals surface area contributed by atoms with E-state index in [0.29, 0.717) is 29.1 Å². The molecule has 4 rings (SSSR count). The van der Waals surface area contributed by atoms with Crippen molar-refractivity contribution in [3.8, 4) is 0 Å². The van der Waals surface area contributed by atoms with E-state index >= 15 is 0 Å². The van der Waals surface area contributed by atoms with Gasteiger partial charge in [0.05, 0.1) is 0 Å². The Hall–Kier alpha value is -2.41. The summed E-state index contributed by atoms with van der Waals surface area (Å²) < 4.78 is 0. The summed E-state index contributed by atoms with van der Waals surface area (Å²) in [6, 6.07) is 14.0. The Balaban J connectivity index is 1.45. The number of nitrogens with one attached hydrogen (secondary N) is 2. The van der Waals surface area contributed by atoms with Gasteiger partial charge >= 0.3 is 0 Å². The Bertz CT molecular complexity index is 1040. The van der Waals surface area contributed by atoms with Crippen LogP contribution in [0, 0.1) is 0 Å². The van der Waals surface area contributed by atoms with Crippen LogP contribution in [0.25, 0.3) is 0 Å².